The SMILES string of the molecule is O=C(O)c1cc(-c2cccc3oc(=O)sc23)no1. The second kappa shape index (κ2) is 3.81. The third-order valence-electron chi connectivity index (χ3n) is 2.35. The molecule has 1 N–H and O–H groups in total. The molecule has 0 bridgehead atoms. The summed E-state index contributed by atoms with van der Waals surface area (Å²) < 4.78 is 10.3. The van der Waals surface area contributed by atoms with Gasteiger partial charge in [0.2, 0.25) is 5.76 Å². The minimum absolute atomic E-state index is 0.252. The van der Waals surface area contributed by atoms with Crippen LogP contribution in [0.4, 0.5) is 0 Å². The van der Waals surface area contributed by atoms with E-state index in [1.54, 1.807) is 18.2 Å². The van der Waals surface area contributed by atoms with Gasteiger partial charge in [-0.3, -0.25) is 0 Å². The zero-order valence-electron chi connectivity index (χ0n) is 8.75. The highest BCUT2D eigenvalue weighted by Crippen LogP contribution is 2.30. The van der Waals surface area contributed by atoms with Gasteiger partial charge in [0, 0.05) is 11.6 Å². The molecule has 0 aliphatic carbocycles. The molecule has 3 aromatic rings. The maximum atomic E-state index is 11.2. The molecule has 0 fully saturated rings. The molecule has 2 aromatic heterocycles. The number of fused-ring (bicyclic) bond motifs is 1. The number of rotatable bonds is 2. The summed E-state index contributed by atoms with van der Waals surface area (Å²) in [5, 5.41) is 12.4. The number of carbonyl (C=O) groups is 1. The average Bonchev–Trinajstić information content (AvgIpc) is 2.92. The van der Waals surface area contributed by atoms with Crippen LogP contribution in [0.15, 0.2) is 38.0 Å². The molecule has 18 heavy (non-hydrogen) atoms. The zero-order valence-corrected chi connectivity index (χ0v) is 9.56. The quantitative estimate of drug-likeness (QED) is 0.761. The highest BCUT2D eigenvalue weighted by molar-refractivity contribution is 7.16. The molecule has 3 rings (SSSR count). The van der Waals surface area contributed by atoms with Crippen LogP contribution in [0.1, 0.15) is 10.6 Å². The number of hydrogen-bond donors (Lipinski definition) is 1. The Bertz CT molecular complexity index is 797. The Kier molecular flexibility index (Phi) is 2.27. The van der Waals surface area contributed by atoms with Gasteiger partial charge in [0.05, 0.1) is 4.70 Å². The maximum Gasteiger partial charge on any atom is 0.396 e. The molecule has 0 saturated heterocycles. The molecule has 2 heterocycles. The fraction of sp³-hybridized carbons (Fsp3) is 0. The zero-order chi connectivity index (χ0) is 12.7. The van der Waals surface area contributed by atoms with E-state index >= 15 is 0 Å². The van der Waals surface area contributed by atoms with Crippen LogP contribution in [0.5, 0.6) is 0 Å². The molecule has 0 aliphatic heterocycles. The van der Waals surface area contributed by atoms with Crippen molar-refractivity contribution in [2.45, 2.75) is 0 Å². The molecule has 6 nitrogen and oxygen atoms in total. The van der Waals surface area contributed by atoms with Gasteiger partial charge in [-0.05, 0) is 6.07 Å². The predicted octanol–water partition coefficient (Wildman–Crippen LogP) is 2.21. The number of nitrogens with zero attached hydrogens (tertiary/aromatic N) is 1. The highest BCUT2D eigenvalue weighted by Gasteiger charge is 2.16. The second-order valence-electron chi connectivity index (χ2n) is 3.47. The summed E-state index contributed by atoms with van der Waals surface area (Å²) in [6, 6.07) is 6.38. The van der Waals surface area contributed by atoms with Gasteiger partial charge in [-0.15, -0.1) is 0 Å². The molecule has 7 heteroatoms. The van der Waals surface area contributed by atoms with E-state index in [9.17, 15) is 9.59 Å². The highest BCUT2D eigenvalue weighted by atomic mass is 32.1. The molecular weight excluding hydrogens is 258 g/mol. The Morgan fingerprint density at radius 1 is 1.39 bits per heavy atom. The van der Waals surface area contributed by atoms with Gasteiger partial charge >= 0.3 is 10.9 Å². The van der Waals surface area contributed by atoms with E-state index in [-0.39, 0.29) is 5.76 Å². The molecule has 90 valence electrons. The van der Waals surface area contributed by atoms with Crippen LogP contribution in [0, 0.1) is 0 Å². The Morgan fingerprint density at radius 3 is 2.94 bits per heavy atom. The molecule has 0 aliphatic rings. The summed E-state index contributed by atoms with van der Waals surface area (Å²) in [5.74, 6) is -1.45. The smallest absolute Gasteiger partial charge is 0.396 e. The van der Waals surface area contributed by atoms with Crippen molar-refractivity contribution in [2.24, 2.45) is 0 Å². The first-order chi connectivity index (χ1) is 8.65. The fourth-order valence-corrected chi connectivity index (χ4v) is 2.39. The molecule has 0 atom stereocenters. The van der Waals surface area contributed by atoms with Crippen molar-refractivity contribution in [1.82, 2.24) is 5.16 Å². The lowest BCUT2D eigenvalue weighted by Crippen LogP contribution is -1.91. The van der Waals surface area contributed by atoms with Crippen LogP contribution >= 0.6 is 11.3 Å². The van der Waals surface area contributed by atoms with Crippen molar-refractivity contribution in [3.05, 3.63) is 39.8 Å². The monoisotopic (exact) mass is 263 g/mol. The Morgan fingerprint density at radius 2 is 2.22 bits per heavy atom. The Balaban J connectivity index is 2.24. The molecule has 0 unspecified atom stereocenters. The lowest BCUT2D eigenvalue weighted by molar-refractivity contribution is 0.0652. The van der Waals surface area contributed by atoms with Crippen molar-refractivity contribution in [2.75, 3.05) is 0 Å². The summed E-state index contributed by atoms with van der Waals surface area (Å²) in [4.78, 5) is 21.5. The summed E-state index contributed by atoms with van der Waals surface area (Å²) >= 11 is 0.940. The van der Waals surface area contributed by atoms with Gasteiger partial charge in [0.15, 0.2) is 0 Å². The first-order valence-corrected chi connectivity index (χ1v) is 5.70. The van der Waals surface area contributed by atoms with Crippen molar-refractivity contribution in [1.29, 1.82) is 0 Å². The number of benzene rings is 1. The van der Waals surface area contributed by atoms with Gasteiger partial charge in [-0.25, -0.2) is 9.59 Å². The van der Waals surface area contributed by atoms with Gasteiger partial charge in [0.25, 0.3) is 0 Å². The normalized spacial score (nSPS) is 10.9. The lowest BCUT2D eigenvalue weighted by atomic mass is 10.1. The fourth-order valence-electron chi connectivity index (χ4n) is 1.60. The van der Waals surface area contributed by atoms with Crippen molar-refractivity contribution in [3.63, 3.8) is 0 Å². The second-order valence-corrected chi connectivity index (χ2v) is 4.41. The van der Waals surface area contributed by atoms with Crippen LogP contribution in [0.25, 0.3) is 21.5 Å². The number of hydrogen-bond acceptors (Lipinski definition) is 6. The molecule has 0 radical (unpaired) electrons. The third kappa shape index (κ3) is 1.61. The van der Waals surface area contributed by atoms with E-state index in [4.69, 9.17) is 9.52 Å². The minimum Gasteiger partial charge on any atom is -0.475 e. The maximum absolute atomic E-state index is 11.2. The van der Waals surface area contributed by atoms with Crippen LogP contribution in [-0.4, -0.2) is 16.2 Å². The average molecular weight is 263 g/mol. The number of aromatic nitrogens is 1. The van der Waals surface area contributed by atoms with E-state index in [0.29, 0.717) is 21.5 Å². The van der Waals surface area contributed by atoms with Crippen LogP contribution < -0.4 is 4.94 Å². The van der Waals surface area contributed by atoms with Crippen molar-refractivity contribution >= 4 is 27.6 Å². The summed E-state index contributed by atoms with van der Waals surface area (Å²) in [6.45, 7) is 0. The lowest BCUT2D eigenvalue weighted by Gasteiger charge is -1.94. The van der Waals surface area contributed by atoms with Crippen LogP contribution in [-0.2, 0) is 0 Å². The van der Waals surface area contributed by atoms with E-state index in [2.05, 4.69) is 9.68 Å². The van der Waals surface area contributed by atoms with Crippen molar-refractivity contribution in [3.8, 4) is 11.3 Å². The van der Waals surface area contributed by atoms with E-state index < -0.39 is 10.9 Å². The van der Waals surface area contributed by atoms with E-state index in [0.717, 1.165) is 11.3 Å². The number of aromatic carboxylic acids is 1. The van der Waals surface area contributed by atoms with Crippen LogP contribution in [0.2, 0.25) is 0 Å². The number of carboxylic acids is 1. The largest absolute Gasteiger partial charge is 0.475 e. The molecular formula is C11H5NO5S. The Labute approximate surface area is 103 Å². The molecule has 0 saturated carbocycles. The van der Waals surface area contributed by atoms with Gasteiger partial charge in [-0.2, -0.15) is 0 Å². The first-order valence-electron chi connectivity index (χ1n) is 4.88. The van der Waals surface area contributed by atoms with Crippen LogP contribution in [0.3, 0.4) is 0 Å². The first kappa shape index (κ1) is 10.7. The molecule has 0 amide bonds. The van der Waals surface area contributed by atoms with E-state index in [1.807, 2.05) is 0 Å². The standard InChI is InChI=1S/C11H5NO5S/c13-10(14)8-4-6(12-17-8)5-2-1-3-7-9(5)18-11(15)16-7/h1-4H,(H,13,14). The Hall–Kier alpha value is -2.41. The molecule has 1 aromatic carbocycles. The molecule has 0 spiro atoms. The summed E-state index contributed by atoms with van der Waals surface area (Å²) in [5.41, 5.74) is 1.41. The van der Waals surface area contributed by atoms with E-state index in [1.165, 1.54) is 6.07 Å². The summed E-state index contributed by atoms with van der Waals surface area (Å²) in [6.07, 6.45) is 0. The van der Waals surface area contributed by atoms with Gasteiger partial charge < -0.3 is 14.0 Å². The topological polar surface area (TPSA) is 93.5 Å². The summed E-state index contributed by atoms with van der Waals surface area (Å²) in [7, 11) is 0. The van der Waals surface area contributed by atoms with Crippen molar-refractivity contribution < 1.29 is 18.8 Å². The van der Waals surface area contributed by atoms with Gasteiger partial charge in [0.1, 0.15) is 11.3 Å². The van der Waals surface area contributed by atoms with Gasteiger partial charge in [-0.1, -0.05) is 28.6 Å². The predicted molar refractivity (Wildman–Crippen MR) is 62.8 cm³/mol. The minimum atomic E-state index is -1.19. The number of carboxylic acid groups (broad SMARTS) is 1. The third-order valence-corrected chi connectivity index (χ3v) is 3.23.